The Hall–Kier alpha value is -4.84. The molecule has 0 radical (unpaired) electrons. The number of carbonyl (C=O) groups is 1. The molecule has 1 atom stereocenters. The normalized spacial score (nSPS) is 14.7. The Morgan fingerprint density at radius 2 is 1.88 bits per heavy atom. The van der Waals surface area contributed by atoms with Crippen LogP contribution in [0.15, 0.2) is 84.2 Å². The molecule has 2 N–H and O–H groups in total. The SMILES string of the molecule is CC1=C(C(=O)Nc2ccccn2)C(c2ccc(C#N)cc2)n2nc(-c3ccc(F)cc3)nc2N1. The number of nitrogens with one attached hydrogen (secondary N) is 2. The quantitative estimate of drug-likeness (QED) is 0.480. The highest BCUT2D eigenvalue weighted by Crippen LogP contribution is 2.36. The van der Waals surface area contributed by atoms with Crippen molar-refractivity contribution in [3.05, 3.63) is 101 Å². The van der Waals surface area contributed by atoms with Crippen LogP contribution in [0.2, 0.25) is 0 Å². The first-order chi connectivity index (χ1) is 16.5. The number of nitriles is 1. The maximum absolute atomic E-state index is 13.4. The number of hydrogen-bond donors (Lipinski definition) is 2. The van der Waals surface area contributed by atoms with Gasteiger partial charge in [-0.2, -0.15) is 10.2 Å². The van der Waals surface area contributed by atoms with E-state index in [9.17, 15) is 14.4 Å². The van der Waals surface area contributed by atoms with Gasteiger partial charge in [-0.1, -0.05) is 18.2 Å². The van der Waals surface area contributed by atoms with Crippen molar-refractivity contribution in [1.82, 2.24) is 19.7 Å². The van der Waals surface area contributed by atoms with Gasteiger partial charge in [-0.15, -0.1) is 5.10 Å². The molecule has 0 saturated carbocycles. The number of rotatable bonds is 4. The van der Waals surface area contributed by atoms with Crippen LogP contribution in [0.5, 0.6) is 0 Å². The monoisotopic (exact) mass is 451 g/mol. The number of fused-ring (bicyclic) bond motifs is 1. The Labute approximate surface area is 194 Å². The highest BCUT2D eigenvalue weighted by Gasteiger charge is 2.34. The summed E-state index contributed by atoms with van der Waals surface area (Å²) < 4.78 is 15.0. The summed E-state index contributed by atoms with van der Waals surface area (Å²) in [5, 5.41) is 19.8. The number of benzene rings is 2. The summed E-state index contributed by atoms with van der Waals surface area (Å²) in [6.07, 6.45) is 1.60. The third-order valence-electron chi connectivity index (χ3n) is 5.46. The Morgan fingerprint density at radius 3 is 2.56 bits per heavy atom. The minimum Gasteiger partial charge on any atom is -0.328 e. The molecular formula is C25H18FN7O. The predicted octanol–water partition coefficient (Wildman–Crippen LogP) is 4.28. The fourth-order valence-electron chi connectivity index (χ4n) is 3.83. The standard InChI is InChI=1S/C25H18FN7O/c1-15-21(24(34)30-20-4-2-3-13-28-20)22(17-7-5-16(14-27)6-8-17)33-25(29-15)31-23(32-33)18-9-11-19(26)12-10-18/h2-13,22H,1H3,(H,28,30,34)(H,29,31,32). The minimum atomic E-state index is -0.616. The molecule has 1 aliphatic rings. The van der Waals surface area contributed by atoms with E-state index in [0.717, 1.165) is 5.56 Å². The van der Waals surface area contributed by atoms with E-state index in [2.05, 4.69) is 31.8 Å². The van der Waals surface area contributed by atoms with Crippen molar-refractivity contribution >= 4 is 17.7 Å². The predicted molar refractivity (Wildman–Crippen MR) is 124 cm³/mol. The Bertz CT molecular complexity index is 1440. The van der Waals surface area contributed by atoms with Gasteiger partial charge < -0.3 is 10.6 Å². The molecule has 0 bridgehead atoms. The number of carbonyl (C=O) groups excluding carboxylic acids is 1. The summed E-state index contributed by atoms with van der Waals surface area (Å²) in [5.41, 5.74) is 2.93. The first-order valence-electron chi connectivity index (χ1n) is 10.5. The molecule has 0 aliphatic carbocycles. The zero-order valence-electron chi connectivity index (χ0n) is 18.0. The molecule has 9 heteroatoms. The van der Waals surface area contributed by atoms with Crippen LogP contribution in [0.4, 0.5) is 16.2 Å². The first kappa shape index (κ1) is 21.0. The number of anilines is 2. The molecule has 1 unspecified atom stereocenters. The number of hydrogen-bond acceptors (Lipinski definition) is 6. The van der Waals surface area contributed by atoms with Crippen LogP contribution in [-0.2, 0) is 4.79 Å². The molecule has 0 fully saturated rings. The number of amides is 1. The van der Waals surface area contributed by atoms with Crippen molar-refractivity contribution in [2.24, 2.45) is 0 Å². The van der Waals surface area contributed by atoms with E-state index in [-0.39, 0.29) is 11.7 Å². The second-order valence-electron chi connectivity index (χ2n) is 7.68. The number of pyridine rings is 1. The zero-order valence-corrected chi connectivity index (χ0v) is 18.0. The third kappa shape index (κ3) is 3.89. The molecule has 8 nitrogen and oxygen atoms in total. The van der Waals surface area contributed by atoms with Gasteiger partial charge in [0.1, 0.15) is 17.7 Å². The van der Waals surface area contributed by atoms with Crippen LogP contribution in [0, 0.1) is 17.1 Å². The molecule has 0 spiro atoms. The van der Waals surface area contributed by atoms with Crippen LogP contribution in [0.1, 0.15) is 24.1 Å². The molecule has 3 heterocycles. The van der Waals surface area contributed by atoms with Crippen LogP contribution in [0.25, 0.3) is 11.4 Å². The highest BCUT2D eigenvalue weighted by atomic mass is 19.1. The molecule has 0 saturated heterocycles. The summed E-state index contributed by atoms with van der Waals surface area (Å²) in [6, 6.07) is 19.6. The third-order valence-corrected chi connectivity index (χ3v) is 5.46. The maximum atomic E-state index is 13.4. The second-order valence-corrected chi connectivity index (χ2v) is 7.68. The summed E-state index contributed by atoms with van der Waals surface area (Å²) in [7, 11) is 0. The average molecular weight is 451 g/mol. The smallest absolute Gasteiger partial charge is 0.257 e. The van der Waals surface area contributed by atoms with Crippen molar-refractivity contribution < 1.29 is 9.18 Å². The molecule has 2 aromatic heterocycles. The van der Waals surface area contributed by atoms with E-state index < -0.39 is 6.04 Å². The van der Waals surface area contributed by atoms with Gasteiger partial charge in [0.2, 0.25) is 5.95 Å². The van der Waals surface area contributed by atoms with Gasteiger partial charge in [0, 0.05) is 17.5 Å². The highest BCUT2D eigenvalue weighted by molar-refractivity contribution is 6.05. The molecule has 1 amide bonds. The topological polar surface area (TPSA) is 109 Å². The van der Waals surface area contributed by atoms with Gasteiger partial charge in [-0.25, -0.2) is 14.1 Å². The van der Waals surface area contributed by atoms with Gasteiger partial charge in [-0.3, -0.25) is 4.79 Å². The fraction of sp³-hybridized carbons (Fsp3) is 0.0800. The van der Waals surface area contributed by atoms with Crippen molar-refractivity contribution in [2.75, 3.05) is 10.6 Å². The van der Waals surface area contributed by atoms with Crippen molar-refractivity contribution in [3.8, 4) is 17.5 Å². The summed E-state index contributed by atoms with van der Waals surface area (Å²) in [4.78, 5) is 22.2. The maximum Gasteiger partial charge on any atom is 0.257 e. The van der Waals surface area contributed by atoms with Gasteiger partial charge >= 0.3 is 0 Å². The van der Waals surface area contributed by atoms with E-state index >= 15 is 0 Å². The van der Waals surface area contributed by atoms with Crippen LogP contribution in [0.3, 0.4) is 0 Å². The minimum absolute atomic E-state index is 0.345. The molecule has 4 aromatic rings. The van der Waals surface area contributed by atoms with Crippen LogP contribution < -0.4 is 10.6 Å². The van der Waals surface area contributed by atoms with Gasteiger partial charge in [-0.05, 0) is 61.0 Å². The van der Waals surface area contributed by atoms with Crippen LogP contribution in [-0.4, -0.2) is 25.7 Å². The van der Waals surface area contributed by atoms with E-state index in [1.165, 1.54) is 12.1 Å². The van der Waals surface area contributed by atoms with Crippen molar-refractivity contribution in [1.29, 1.82) is 5.26 Å². The lowest BCUT2D eigenvalue weighted by molar-refractivity contribution is -0.113. The van der Waals surface area contributed by atoms with Gasteiger partial charge in [0.15, 0.2) is 5.82 Å². The van der Waals surface area contributed by atoms with E-state index in [1.807, 2.05) is 0 Å². The number of halogens is 1. The lowest BCUT2D eigenvalue weighted by Gasteiger charge is -2.28. The molecule has 5 rings (SSSR count). The van der Waals surface area contributed by atoms with E-state index in [4.69, 9.17) is 0 Å². The van der Waals surface area contributed by atoms with Crippen molar-refractivity contribution in [3.63, 3.8) is 0 Å². The number of nitrogens with zero attached hydrogens (tertiary/aromatic N) is 5. The lowest BCUT2D eigenvalue weighted by atomic mass is 9.94. The lowest BCUT2D eigenvalue weighted by Crippen LogP contribution is -2.31. The molecular weight excluding hydrogens is 433 g/mol. The molecule has 34 heavy (non-hydrogen) atoms. The van der Waals surface area contributed by atoms with Crippen molar-refractivity contribution in [2.45, 2.75) is 13.0 Å². The van der Waals surface area contributed by atoms with Gasteiger partial charge in [0.25, 0.3) is 5.91 Å². The zero-order chi connectivity index (χ0) is 23.7. The molecule has 166 valence electrons. The average Bonchev–Trinajstić information content (AvgIpc) is 3.27. The summed E-state index contributed by atoms with van der Waals surface area (Å²) in [5.74, 6) is 0.554. The largest absolute Gasteiger partial charge is 0.328 e. The van der Waals surface area contributed by atoms with Crippen LogP contribution >= 0.6 is 0 Å². The number of allylic oxidation sites excluding steroid dienone is 1. The fourth-order valence-corrected chi connectivity index (χ4v) is 3.83. The summed E-state index contributed by atoms with van der Waals surface area (Å²) >= 11 is 0. The van der Waals surface area contributed by atoms with E-state index in [1.54, 1.807) is 72.4 Å². The molecule has 1 aliphatic heterocycles. The number of aromatic nitrogens is 4. The first-order valence-corrected chi connectivity index (χ1v) is 10.5. The Morgan fingerprint density at radius 1 is 1.12 bits per heavy atom. The van der Waals surface area contributed by atoms with E-state index in [0.29, 0.717) is 40.0 Å². The second kappa shape index (κ2) is 8.60. The Balaban J connectivity index is 1.60. The molecule has 2 aromatic carbocycles. The summed E-state index contributed by atoms with van der Waals surface area (Å²) in [6.45, 7) is 1.79. The Kier molecular flexibility index (Phi) is 5.32. The van der Waals surface area contributed by atoms with Gasteiger partial charge in [0.05, 0.1) is 17.2 Å².